The highest BCUT2D eigenvalue weighted by atomic mass is 19.1. The van der Waals surface area contributed by atoms with Gasteiger partial charge in [0.1, 0.15) is 0 Å². The Balaban J connectivity index is 2.66. The van der Waals surface area contributed by atoms with Crippen molar-refractivity contribution in [2.75, 3.05) is 13.2 Å². The van der Waals surface area contributed by atoms with E-state index >= 15 is 0 Å². The third-order valence-electron chi connectivity index (χ3n) is 2.36. The van der Waals surface area contributed by atoms with Crippen molar-refractivity contribution < 1.29 is 14.3 Å². The second-order valence-corrected chi connectivity index (χ2v) is 3.95. The molecule has 76 valence electrons. The molecule has 0 aromatic carbocycles. The van der Waals surface area contributed by atoms with E-state index < -0.39 is 11.6 Å². The Labute approximate surface area is 77.5 Å². The van der Waals surface area contributed by atoms with Gasteiger partial charge in [0.05, 0.1) is 12.6 Å². The van der Waals surface area contributed by atoms with Crippen LogP contribution in [0.4, 0.5) is 4.39 Å². The molecule has 1 saturated heterocycles. The maximum atomic E-state index is 13.3. The van der Waals surface area contributed by atoms with Gasteiger partial charge < -0.3 is 10.0 Å². The molecule has 0 radical (unpaired) electrons. The second-order valence-electron chi connectivity index (χ2n) is 3.95. The van der Waals surface area contributed by atoms with Crippen LogP contribution in [0.1, 0.15) is 26.7 Å². The maximum absolute atomic E-state index is 13.3. The Morgan fingerprint density at radius 3 is 2.77 bits per heavy atom. The zero-order chi connectivity index (χ0) is 10.1. The van der Waals surface area contributed by atoms with Crippen molar-refractivity contribution in [1.29, 1.82) is 0 Å². The van der Waals surface area contributed by atoms with E-state index in [1.807, 2.05) is 0 Å². The van der Waals surface area contributed by atoms with Gasteiger partial charge in [0.15, 0.2) is 5.67 Å². The van der Waals surface area contributed by atoms with Crippen LogP contribution in [0, 0.1) is 0 Å². The first-order valence-electron chi connectivity index (χ1n) is 4.57. The lowest BCUT2D eigenvalue weighted by atomic mass is 10.1. The summed E-state index contributed by atoms with van der Waals surface area (Å²) in [6.45, 7) is 3.00. The molecule has 0 aromatic rings. The van der Waals surface area contributed by atoms with Gasteiger partial charge in [-0.15, -0.1) is 0 Å². The summed E-state index contributed by atoms with van der Waals surface area (Å²) >= 11 is 0. The molecule has 1 aliphatic rings. The molecule has 1 atom stereocenters. The van der Waals surface area contributed by atoms with Crippen molar-refractivity contribution in [2.24, 2.45) is 0 Å². The number of amides is 1. The summed E-state index contributed by atoms with van der Waals surface area (Å²) in [5, 5.41) is 8.93. The van der Waals surface area contributed by atoms with Crippen LogP contribution in [-0.4, -0.2) is 40.8 Å². The number of nitrogens with zero attached hydrogens (tertiary/aromatic N) is 1. The van der Waals surface area contributed by atoms with Crippen molar-refractivity contribution in [3.63, 3.8) is 0 Å². The van der Waals surface area contributed by atoms with Crippen LogP contribution in [0.25, 0.3) is 0 Å². The number of likely N-dealkylation sites (tertiary alicyclic amines) is 1. The van der Waals surface area contributed by atoms with Crippen LogP contribution in [0.15, 0.2) is 0 Å². The minimum absolute atomic E-state index is 0.0676. The van der Waals surface area contributed by atoms with E-state index in [2.05, 4.69) is 0 Å². The summed E-state index contributed by atoms with van der Waals surface area (Å²) in [4.78, 5) is 12.9. The highest BCUT2D eigenvalue weighted by Crippen LogP contribution is 2.22. The topological polar surface area (TPSA) is 40.5 Å². The van der Waals surface area contributed by atoms with E-state index in [0.29, 0.717) is 6.54 Å². The third kappa shape index (κ3) is 2.18. The van der Waals surface area contributed by atoms with Crippen molar-refractivity contribution in [3.05, 3.63) is 0 Å². The molecule has 1 aliphatic heterocycles. The summed E-state index contributed by atoms with van der Waals surface area (Å²) in [6.07, 6.45) is 1.63. The number of hydrogen-bond acceptors (Lipinski definition) is 2. The normalized spacial score (nSPS) is 23.7. The van der Waals surface area contributed by atoms with Crippen molar-refractivity contribution >= 4 is 5.91 Å². The Kier molecular flexibility index (Phi) is 2.91. The van der Waals surface area contributed by atoms with Gasteiger partial charge in [-0.25, -0.2) is 4.39 Å². The van der Waals surface area contributed by atoms with Gasteiger partial charge in [0, 0.05) is 6.54 Å². The van der Waals surface area contributed by atoms with E-state index in [9.17, 15) is 9.18 Å². The summed E-state index contributed by atoms with van der Waals surface area (Å²) < 4.78 is 13.3. The molecule has 13 heavy (non-hydrogen) atoms. The van der Waals surface area contributed by atoms with Crippen LogP contribution >= 0.6 is 0 Å². The molecule has 3 nitrogen and oxygen atoms in total. The number of aliphatic hydroxyl groups is 1. The minimum atomic E-state index is -1.82. The fraction of sp³-hybridized carbons (Fsp3) is 0.889. The summed E-state index contributed by atoms with van der Waals surface area (Å²) in [5.41, 5.74) is -1.82. The summed E-state index contributed by atoms with van der Waals surface area (Å²) in [7, 11) is 0. The first kappa shape index (κ1) is 10.4. The average Bonchev–Trinajstić information content (AvgIpc) is 2.48. The lowest BCUT2D eigenvalue weighted by Gasteiger charge is -2.27. The molecule has 0 saturated carbocycles. The Morgan fingerprint density at radius 2 is 2.31 bits per heavy atom. The highest BCUT2D eigenvalue weighted by molar-refractivity contribution is 5.84. The monoisotopic (exact) mass is 189 g/mol. The van der Waals surface area contributed by atoms with E-state index in [1.165, 1.54) is 18.7 Å². The minimum Gasteiger partial charge on any atom is -0.394 e. The summed E-state index contributed by atoms with van der Waals surface area (Å²) in [5.74, 6) is -0.510. The first-order valence-corrected chi connectivity index (χ1v) is 4.57. The average molecular weight is 189 g/mol. The number of hydrogen-bond donors (Lipinski definition) is 1. The van der Waals surface area contributed by atoms with Gasteiger partial charge in [-0.1, -0.05) is 0 Å². The van der Waals surface area contributed by atoms with Crippen LogP contribution in [0.5, 0.6) is 0 Å². The first-order chi connectivity index (χ1) is 5.96. The fourth-order valence-electron chi connectivity index (χ4n) is 1.63. The Hall–Kier alpha value is -0.640. The van der Waals surface area contributed by atoms with Crippen molar-refractivity contribution in [2.45, 2.75) is 38.4 Å². The SMILES string of the molecule is CC(C)(F)C(=O)N1CCCC1CO. The number of halogens is 1. The van der Waals surface area contributed by atoms with Gasteiger partial charge >= 0.3 is 0 Å². The molecule has 1 amide bonds. The third-order valence-corrected chi connectivity index (χ3v) is 2.36. The van der Waals surface area contributed by atoms with E-state index in [0.717, 1.165) is 12.8 Å². The quantitative estimate of drug-likeness (QED) is 0.695. The molecular weight excluding hydrogens is 173 g/mol. The molecule has 1 fully saturated rings. The van der Waals surface area contributed by atoms with Gasteiger partial charge in [-0.3, -0.25) is 4.79 Å². The van der Waals surface area contributed by atoms with Crippen LogP contribution < -0.4 is 0 Å². The van der Waals surface area contributed by atoms with Gasteiger partial charge in [0.2, 0.25) is 0 Å². The predicted octanol–water partition coefficient (Wildman–Crippen LogP) is 0.718. The second kappa shape index (κ2) is 3.62. The smallest absolute Gasteiger partial charge is 0.259 e. The van der Waals surface area contributed by atoms with Crippen molar-refractivity contribution in [3.8, 4) is 0 Å². The Morgan fingerprint density at radius 1 is 1.69 bits per heavy atom. The van der Waals surface area contributed by atoms with E-state index in [1.54, 1.807) is 0 Å². The predicted molar refractivity (Wildman–Crippen MR) is 47.0 cm³/mol. The number of carbonyl (C=O) groups excluding carboxylic acids is 1. The molecule has 0 aromatic heterocycles. The molecule has 0 aliphatic carbocycles. The van der Waals surface area contributed by atoms with Crippen LogP contribution in [0.3, 0.4) is 0 Å². The molecule has 0 spiro atoms. The lowest BCUT2D eigenvalue weighted by molar-refractivity contribution is -0.143. The molecule has 1 unspecified atom stereocenters. The van der Waals surface area contributed by atoms with Gasteiger partial charge in [0.25, 0.3) is 5.91 Å². The van der Waals surface area contributed by atoms with E-state index in [-0.39, 0.29) is 12.6 Å². The van der Waals surface area contributed by atoms with E-state index in [4.69, 9.17) is 5.11 Å². The standard InChI is InChI=1S/C9H16FNO2/c1-9(2,10)8(13)11-5-3-4-7(11)6-12/h7,12H,3-6H2,1-2H3. The number of alkyl halides is 1. The van der Waals surface area contributed by atoms with Gasteiger partial charge in [-0.05, 0) is 26.7 Å². The molecule has 1 heterocycles. The lowest BCUT2D eigenvalue weighted by Crippen LogP contribution is -2.46. The number of carbonyl (C=O) groups is 1. The summed E-state index contributed by atoms with van der Waals surface area (Å²) in [6, 6.07) is -0.178. The molecular formula is C9H16FNO2. The number of rotatable bonds is 2. The molecule has 1 rings (SSSR count). The molecule has 1 N–H and O–H groups in total. The fourth-order valence-corrected chi connectivity index (χ4v) is 1.63. The van der Waals surface area contributed by atoms with Crippen LogP contribution in [0.2, 0.25) is 0 Å². The van der Waals surface area contributed by atoms with Crippen molar-refractivity contribution in [1.82, 2.24) is 4.90 Å². The maximum Gasteiger partial charge on any atom is 0.259 e. The van der Waals surface area contributed by atoms with Gasteiger partial charge in [-0.2, -0.15) is 0 Å². The Bertz CT molecular complexity index is 200. The largest absolute Gasteiger partial charge is 0.394 e. The highest BCUT2D eigenvalue weighted by Gasteiger charge is 2.37. The molecule has 4 heteroatoms. The van der Waals surface area contributed by atoms with Crippen LogP contribution in [-0.2, 0) is 4.79 Å². The zero-order valence-corrected chi connectivity index (χ0v) is 8.09. The molecule has 0 bridgehead atoms. The zero-order valence-electron chi connectivity index (χ0n) is 8.09. The number of aliphatic hydroxyl groups excluding tert-OH is 1.